The lowest BCUT2D eigenvalue weighted by Gasteiger charge is -2.07. The largest absolute Gasteiger partial charge is 0.504 e. The Balaban J connectivity index is 2.63. The summed E-state index contributed by atoms with van der Waals surface area (Å²) in [6.07, 6.45) is 0.314. The van der Waals surface area contributed by atoms with E-state index < -0.39 is 0 Å². The lowest BCUT2D eigenvalue weighted by Crippen LogP contribution is -2.25. The number of halogens is 1. The average Bonchev–Trinajstić information content (AvgIpc) is 2.16. The molecule has 0 atom stereocenters. The van der Waals surface area contributed by atoms with E-state index in [1.807, 2.05) is 0 Å². The maximum absolute atomic E-state index is 10.8. The highest BCUT2D eigenvalue weighted by Crippen LogP contribution is 2.28. The van der Waals surface area contributed by atoms with Crippen molar-refractivity contribution in [1.29, 1.82) is 0 Å². The first-order valence-corrected chi connectivity index (χ1v) is 4.45. The second-order valence-electron chi connectivity index (χ2n) is 2.59. The number of hydrogen-bond acceptors (Lipinski definition) is 3. The molecule has 1 aromatic rings. The molecule has 0 aliphatic heterocycles. The molecule has 1 aromatic carbocycles. The van der Waals surface area contributed by atoms with E-state index in [4.69, 9.17) is 16.4 Å². The van der Waals surface area contributed by atoms with Crippen LogP contribution in [-0.2, 0) is 4.79 Å². The van der Waals surface area contributed by atoms with E-state index in [-0.39, 0.29) is 17.4 Å². The van der Waals surface area contributed by atoms with Crippen molar-refractivity contribution in [3.8, 4) is 11.5 Å². The molecule has 2 N–H and O–H groups in total. The summed E-state index contributed by atoms with van der Waals surface area (Å²) in [6, 6.07) is 4.34. The van der Waals surface area contributed by atoms with Crippen LogP contribution in [0.4, 0.5) is 0 Å². The number of amides is 1. The average molecular weight is 216 g/mol. The summed E-state index contributed by atoms with van der Waals surface area (Å²) < 4.78 is 0. The van der Waals surface area contributed by atoms with Crippen LogP contribution >= 0.6 is 11.6 Å². The van der Waals surface area contributed by atoms with Gasteiger partial charge in [0, 0.05) is 17.5 Å². The molecule has 0 bridgehead atoms. The standard InChI is InChI=1S/C9H10ClNO3/c1-2-9(13)11-14-8-4-3-6(10)5-7(8)12/h3-5,12H,2H2,1H3,(H,11,13). The fourth-order valence-corrected chi connectivity index (χ4v) is 0.927. The molecule has 0 heterocycles. The van der Waals surface area contributed by atoms with E-state index in [0.29, 0.717) is 11.4 Å². The number of aromatic hydroxyl groups is 1. The van der Waals surface area contributed by atoms with Gasteiger partial charge in [0.25, 0.3) is 5.91 Å². The normalized spacial score (nSPS) is 9.57. The molecular formula is C9H10ClNO3. The molecule has 1 rings (SSSR count). The number of hydrogen-bond donors (Lipinski definition) is 2. The van der Waals surface area contributed by atoms with Gasteiger partial charge in [-0.25, -0.2) is 0 Å². The minimum absolute atomic E-state index is 0.117. The quantitative estimate of drug-likeness (QED) is 0.757. The Morgan fingerprint density at radius 2 is 2.36 bits per heavy atom. The maximum Gasteiger partial charge on any atom is 0.252 e. The third-order valence-corrected chi connectivity index (χ3v) is 1.75. The summed E-state index contributed by atoms with van der Waals surface area (Å²) in [5.74, 6) is -0.218. The van der Waals surface area contributed by atoms with Crippen LogP contribution in [0.3, 0.4) is 0 Å². The van der Waals surface area contributed by atoms with Crippen molar-refractivity contribution < 1.29 is 14.7 Å². The van der Waals surface area contributed by atoms with Crippen molar-refractivity contribution in [3.05, 3.63) is 23.2 Å². The summed E-state index contributed by atoms with van der Waals surface area (Å²) in [5.41, 5.74) is 2.17. The molecule has 0 saturated carbocycles. The fraction of sp³-hybridized carbons (Fsp3) is 0.222. The third-order valence-electron chi connectivity index (χ3n) is 1.52. The summed E-state index contributed by atoms with van der Waals surface area (Å²) in [6.45, 7) is 1.69. The van der Waals surface area contributed by atoms with Gasteiger partial charge in [-0.05, 0) is 12.1 Å². The molecule has 0 spiro atoms. The van der Waals surface area contributed by atoms with Crippen LogP contribution in [0.15, 0.2) is 18.2 Å². The Hall–Kier alpha value is -1.42. The molecule has 0 aliphatic carbocycles. The number of hydroxylamine groups is 1. The van der Waals surface area contributed by atoms with E-state index in [1.54, 1.807) is 13.0 Å². The van der Waals surface area contributed by atoms with Crippen molar-refractivity contribution in [1.82, 2.24) is 5.48 Å². The van der Waals surface area contributed by atoms with Gasteiger partial charge in [-0.1, -0.05) is 18.5 Å². The predicted molar refractivity (Wildman–Crippen MR) is 52.2 cm³/mol. The lowest BCUT2D eigenvalue weighted by molar-refractivity contribution is -0.127. The Labute approximate surface area is 86.4 Å². The first kappa shape index (κ1) is 10.7. The van der Waals surface area contributed by atoms with Gasteiger partial charge in [-0.3, -0.25) is 4.79 Å². The lowest BCUT2D eigenvalue weighted by atomic mass is 10.3. The fourth-order valence-electron chi connectivity index (χ4n) is 0.761. The zero-order chi connectivity index (χ0) is 10.6. The molecule has 0 aliphatic rings. The van der Waals surface area contributed by atoms with Crippen LogP contribution in [0.2, 0.25) is 5.02 Å². The van der Waals surface area contributed by atoms with Crippen LogP contribution in [0.5, 0.6) is 11.5 Å². The highest BCUT2D eigenvalue weighted by molar-refractivity contribution is 6.30. The number of phenols is 1. The van der Waals surface area contributed by atoms with Crippen molar-refractivity contribution >= 4 is 17.5 Å². The Kier molecular flexibility index (Phi) is 3.59. The molecule has 0 aromatic heterocycles. The SMILES string of the molecule is CCC(=O)NOc1ccc(Cl)cc1O. The summed E-state index contributed by atoms with van der Waals surface area (Å²) in [5, 5.41) is 9.72. The van der Waals surface area contributed by atoms with Gasteiger partial charge < -0.3 is 9.94 Å². The number of benzene rings is 1. The molecule has 0 unspecified atom stereocenters. The van der Waals surface area contributed by atoms with E-state index in [1.165, 1.54) is 12.1 Å². The van der Waals surface area contributed by atoms with Crippen LogP contribution in [0.1, 0.15) is 13.3 Å². The van der Waals surface area contributed by atoms with E-state index in [9.17, 15) is 9.90 Å². The van der Waals surface area contributed by atoms with E-state index in [0.717, 1.165) is 0 Å². The first-order chi connectivity index (χ1) is 6.63. The number of nitrogens with one attached hydrogen (secondary N) is 1. The van der Waals surface area contributed by atoms with Gasteiger partial charge in [-0.2, -0.15) is 5.48 Å². The monoisotopic (exact) mass is 215 g/mol. The smallest absolute Gasteiger partial charge is 0.252 e. The van der Waals surface area contributed by atoms with Crippen molar-refractivity contribution in [2.45, 2.75) is 13.3 Å². The topological polar surface area (TPSA) is 58.6 Å². The molecule has 1 amide bonds. The second-order valence-corrected chi connectivity index (χ2v) is 3.03. The highest BCUT2D eigenvalue weighted by atomic mass is 35.5. The Morgan fingerprint density at radius 3 is 2.93 bits per heavy atom. The predicted octanol–water partition coefficient (Wildman–Crippen LogP) is 1.87. The molecule has 0 saturated heterocycles. The van der Waals surface area contributed by atoms with Crippen LogP contribution < -0.4 is 10.3 Å². The molecule has 76 valence electrons. The number of phenolic OH excluding ortho intramolecular Hbond substituents is 1. The molecule has 5 heteroatoms. The van der Waals surface area contributed by atoms with E-state index in [2.05, 4.69) is 5.48 Å². The Morgan fingerprint density at radius 1 is 1.64 bits per heavy atom. The van der Waals surface area contributed by atoms with Crippen LogP contribution in [0.25, 0.3) is 0 Å². The zero-order valence-electron chi connectivity index (χ0n) is 7.58. The van der Waals surface area contributed by atoms with Crippen LogP contribution in [-0.4, -0.2) is 11.0 Å². The van der Waals surface area contributed by atoms with Gasteiger partial charge in [0.15, 0.2) is 11.5 Å². The van der Waals surface area contributed by atoms with Gasteiger partial charge in [0.05, 0.1) is 0 Å². The molecule has 4 nitrogen and oxygen atoms in total. The van der Waals surface area contributed by atoms with Gasteiger partial charge >= 0.3 is 0 Å². The second kappa shape index (κ2) is 4.72. The van der Waals surface area contributed by atoms with Gasteiger partial charge in [0.1, 0.15) is 0 Å². The molecule has 0 fully saturated rings. The number of carbonyl (C=O) groups is 1. The minimum atomic E-state index is -0.264. The molecule has 0 radical (unpaired) electrons. The summed E-state index contributed by atoms with van der Waals surface area (Å²) in [4.78, 5) is 15.7. The molecular weight excluding hydrogens is 206 g/mol. The first-order valence-electron chi connectivity index (χ1n) is 4.07. The summed E-state index contributed by atoms with van der Waals surface area (Å²) >= 11 is 5.60. The van der Waals surface area contributed by atoms with Crippen molar-refractivity contribution in [2.75, 3.05) is 0 Å². The number of carbonyl (C=O) groups excluding carboxylic acids is 1. The van der Waals surface area contributed by atoms with Crippen molar-refractivity contribution in [3.63, 3.8) is 0 Å². The van der Waals surface area contributed by atoms with Gasteiger partial charge in [-0.15, -0.1) is 0 Å². The summed E-state index contributed by atoms with van der Waals surface area (Å²) in [7, 11) is 0. The Bertz CT molecular complexity index is 341. The third kappa shape index (κ3) is 2.81. The van der Waals surface area contributed by atoms with Crippen LogP contribution in [0, 0.1) is 0 Å². The van der Waals surface area contributed by atoms with Crippen molar-refractivity contribution in [2.24, 2.45) is 0 Å². The highest BCUT2D eigenvalue weighted by Gasteiger charge is 2.04. The van der Waals surface area contributed by atoms with E-state index >= 15 is 0 Å². The van der Waals surface area contributed by atoms with Gasteiger partial charge in [0.2, 0.25) is 0 Å². The number of rotatable bonds is 3. The maximum atomic E-state index is 10.8. The zero-order valence-corrected chi connectivity index (χ0v) is 8.34. The minimum Gasteiger partial charge on any atom is -0.504 e. The molecule has 14 heavy (non-hydrogen) atoms.